The molecule has 0 saturated heterocycles. The Labute approximate surface area is 132 Å². The van der Waals surface area contributed by atoms with Gasteiger partial charge in [0.2, 0.25) is 0 Å². The largest absolute Gasteiger partial charge is 0.468 e. The van der Waals surface area contributed by atoms with Crippen molar-refractivity contribution in [2.24, 2.45) is 0 Å². The van der Waals surface area contributed by atoms with Crippen LogP contribution in [0, 0.1) is 0 Å². The van der Waals surface area contributed by atoms with Gasteiger partial charge < -0.3 is 9.53 Å². The van der Waals surface area contributed by atoms with E-state index in [9.17, 15) is 9.59 Å². The SMILES string of the molecule is COC(=O)C(C=O)c1cc(-c2cccc3ccccc23)cs1. The van der Waals surface area contributed by atoms with Crippen molar-refractivity contribution < 1.29 is 14.3 Å². The summed E-state index contributed by atoms with van der Waals surface area (Å²) in [6, 6.07) is 16.1. The van der Waals surface area contributed by atoms with E-state index in [4.69, 9.17) is 0 Å². The number of benzene rings is 2. The quantitative estimate of drug-likeness (QED) is 0.415. The predicted molar refractivity (Wildman–Crippen MR) is 88.1 cm³/mol. The zero-order valence-corrected chi connectivity index (χ0v) is 12.8. The lowest BCUT2D eigenvalue weighted by atomic mass is 9.99. The van der Waals surface area contributed by atoms with E-state index < -0.39 is 11.9 Å². The highest BCUT2D eigenvalue weighted by molar-refractivity contribution is 7.10. The number of carbonyl (C=O) groups is 2. The molecule has 1 aromatic heterocycles. The molecular formula is C18H14O3S. The van der Waals surface area contributed by atoms with Crippen molar-refractivity contribution in [1.82, 2.24) is 0 Å². The van der Waals surface area contributed by atoms with Gasteiger partial charge in [-0.05, 0) is 33.3 Å². The molecule has 2 aromatic carbocycles. The van der Waals surface area contributed by atoms with Crippen LogP contribution in [0.25, 0.3) is 21.9 Å². The van der Waals surface area contributed by atoms with E-state index in [1.165, 1.54) is 18.4 Å². The Bertz CT molecular complexity index is 830. The van der Waals surface area contributed by atoms with Crippen molar-refractivity contribution in [1.29, 1.82) is 0 Å². The highest BCUT2D eigenvalue weighted by Gasteiger charge is 2.22. The first-order valence-corrected chi connectivity index (χ1v) is 7.72. The molecule has 3 aromatic rings. The van der Waals surface area contributed by atoms with Crippen LogP contribution in [0.1, 0.15) is 10.8 Å². The van der Waals surface area contributed by atoms with Gasteiger partial charge in [-0.15, -0.1) is 11.3 Å². The van der Waals surface area contributed by atoms with Gasteiger partial charge in [0.1, 0.15) is 12.2 Å². The van der Waals surface area contributed by atoms with Gasteiger partial charge in [-0.2, -0.15) is 0 Å². The molecule has 0 radical (unpaired) electrons. The molecule has 0 saturated carbocycles. The Kier molecular flexibility index (Phi) is 4.02. The van der Waals surface area contributed by atoms with Gasteiger partial charge in [-0.25, -0.2) is 0 Å². The molecule has 0 amide bonds. The lowest BCUT2D eigenvalue weighted by Crippen LogP contribution is -2.14. The van der Waals surface area contributed by atoms with Gasteiger partial charge in [0.25, 0.3) is 0 Å². The number of hydrogen-bond acceptors (Lipinski definition) is 4. The Balaban J connectivity index is 2.06. The molecule has 0 aliphatic heterocycles. The van der Waals surface area contributed by atoms with E-state index >= 15 is 0 Å². The van der Waals surface area contributed by atoms with E-state index in [-0.39, 0.29) is 0 Å². The van der Waals surface area contributed by atoms with Crippen molar-refractivity contribution in [2.75, 3.05) is 7.11 Å². The topological polar surface area (TPSA) is 43.4 Å². The van der Waals surface area contributed by atoms with Crippen LogP contribution in [0.5, 0.6) is 0 Å². The molecule has 0 fully saturated rings. The molecule has 0 N–H and O–H groups in total. The third kappa shape index (κ3) is 2.53. The molecule has 0 aliphatic carbocycles. The highest BCUT2D eigenvalue weighted by atomic mass is 32.1. The summed E-state index contributed by atoms with van der Waals surface area (Å²) in [5, 5.41) is 4.28. The van der Waals surface area contributed by atoms with Gasteiger partial charge in [0.15, 0.2) is 0 Å². The van der Waals surface area contributed by atoms with Crippen molar-refractivity contribution in [3.05, 3.63) is 58.8 Å². The summed E-state index contributed by atoms with van der Waals surface area (Å²) in [5.74, 6) is -1.37. The van der Waals surface area contributed by atoms with Crippen molar-refractivity contribution in [2.45, 2.75) is 5.92 Å². The zero-order valence-electron chi connectivity index (χ0n) is 12.0. The summed E-state index contributed by atoms with van der Waals surface area (Å²) >= 11 is 1.40. The van der Waals surface area contributed by atoms with Crippen molar-refractivity contribution >= 4 is 34.4 Å². The molecule has 0 bridgehead atoms. The first-order chi connectivity index (χ1) is 10.7. The third-order valence-electron chi connectivity index (χ3n) is 3.62. The Morgan fingerprint density at radius 3 is 2.73 bits per heavy atom. The lowest BCUT2D eigenvalue weighted by molar-refractivity contribution is -0.143. The van der Waals surface area contributed by atoms with Crippen LogP contribution in [-0.4, -0.2) is 19.4 Å². The molecular weight excluding hydrogens is 296 g/mol. The van der Waals surface area contributed by atoms with Crippen LogP contribution in [0.15, 0.2) is 53.9 Å². The first-order valence-electron chi connectivity index (χ1n) is 6.84. The Morgan fingerprint density at radius 1 is 1.18 bits per heavy atom. The maximum absolute atomic E-state index is 11.7. The van der Waals surface area contributed by atoms with Gasteiger partial charge in [-0.3, -0.25) is 4.79 Å². The summed E-state index contributed by atoms with van der Waals surface area (Å²) in [4.78, 5) is 23.5. The second-order valence-corrected chi connectivity index (χ2v) is 5.84. The number of rotatable bonds is 4. The fourth-order valence-electron chi connectivity index (χ4n) is 2.50. The van der Waals surface area contributed by atoms with E-state index in [0.717, 1.165) is 21.9 Å². The minimum Gasteiger partial charge on any atom is -0.468 e. The monoisotopic (exact) mass is 310 g/mol. The number of thiophene rings is 1. The summed E-state index contributed by atoms with van der Waals surface area (Å²) in [5.41, 5.74) is 2.10. The molecule has 4 heteroatoms. The zero-order chi connectivity index (χ0) is 15.5. The third-order valence-corrected chi connectivity index (χ3v) is 4.63. The second-order valence-electron chi connectivity index (χ2n) is 4.90. The van der Waals surface area contributed by atoms with E-state index in [1.807, 2.05) is 35.7 Å². The standard InChI is InChI=1S/C18H14O3S/c1-21-18(20)16(10-19)17-9-13(11-22-17)15-8-4-6-12-5-2-3-7-14(12)15/h2-11,16H,1H3. The smallest absolute Gasteiger partial charge is 0.321 e. The van der Waals surface area contributed by atoms with E-state index in [0.29, 0.717) is 11.2 Å². The molecule has 1 heterocycles. The normalized spacial score (nSPS) is 12.0. The maximum Gasteiger partial charge on any atom is 0.321 e. The highest BCUT2D eigenvalue weighted by Crippen LogP contribution is 2.34. The van der Waals surface area contributed by atoms with Crippen molar-refractivity contribution in [3.8, 4) is 11.1 Å². The van der Waals surface area contributed by atoms with Crippen LogP contribution in [0.3, 0.4) is 0 Å². The first kappa shape index (κ1) is 14.5. The second kappa shape index (κ2) is 6.12. The van der Waals surface area contributed by atoms with E-state index in [1.54, 1.807) is 0 Å². The van der Waals surface area contributed by atoms with Gasteiger partial charge in [0, 0.05) is 4.88 Å². The summed E-state index contributed by atoms with van der Waals surface area (Å²) in [6.45, 7) is 0. The number of hydrogen-bond donors (Lipinski definition) is 0. The number of fused-ring (bicyclic) bond motifs is 1. The summed E-state index contributed by atoms with van der Waals surface area (Å²) < 4.78 is 4.68. The predicted octanol–water partition coefficient (Wildman–Crippen LogP) is 4.02. The Hall–Kier alpha value is -2.46. The molecule has 0 aliphatic rings. The average molecular weight is 310 g/mol. The minimum absolute atomic E-state index is 0.527. The van der Waals surface area contributed by atoms with Gasteiger partial charge in [0.05, 0.1) is 7.11 Å². The fourth-order valence-corrected chi connectivity index (χ4v) is 3.45. The van der Waals surface area contributed by atoms with Gasteiger partial charge in [-0.1, -0.05) is 42.5 Å². The molecule has 1 atom stereocenters. The number of esters is 1. The average Bonchev–Trinajstić information content (AvgIpc) is 3.04. The Morgan fingerprint density at radius 2 is 1.95 bits per heavy atom. The molecule has 3 rings (SSSR count). The number of carbonyl (C=O) groups excluding carboxylic acids is 2. The number of ether oxygens (including phenoxy) is 1. The van der Waals surface area contributed by atoms with Crippen LogP contribution in [-0.2, 0) is 14.3 Å². The fraction of sp³-hybridized carbons (Fsp3) is 0.111. The molecule has 3 nitrogen and oxygen atoms in total. The lowest BCUT2D eigenvalue weighted by Gasteiger charge is -2.05. The minimum atomic E-state index is -0.848. The molecule has 0 spiro atoms. The molecule has 1 unspecified atom stereocenters. The number of aldehydes is 1. The summed E-state index contributed by atoms with van der Waals surface area (Å²) in [6.07, 6.45) is 0.630. The molecule has 110 valence electrons. The van der Waals surface area contributed by atoms with Crippen LogP contribution < -0.4 is 0 Å². The van der Waals surface area contributed by atoms with Crippen molar-refractivity contribution in [3.63, 3.8) is 0 Å². The van der Waals surface area contributed by atoms with Crippen LogP contribution in [0.4, 0.5) is 0 Å². The maximum atomic E-state index is 11.7. The summed E-state index contributed by atoms with van der Waals surface area (Å²) in [7, 11) is 1.29. The van der Waals surface area contributed by atoms with E-state index in [2.05, 4.69) is 22.9 Å². The molecule has 22 heavy (non-hydrogen) atoms. The van der Waals surface area contributed by atoms with Gasteiger partial charge >= 0.3 is 5.97 Å². The van der Waals surface area contributed by atoms with Crippen LogP contribution in [0.2, 0.25) is 0 Å². The number of methoxy groups -OCH3 is 1. The van der Waals surface area contributed by atoms with Crippen LogP contribution >= 0.6 is 11.3 Å².